The van der Waals surface area contributed by atoms with E-state index in [0.29, 0.717) is 23.6 Å². The van der Waals surface area contributed by atoms with Crippen molar-refractivity contribution in [1.29, 1.82) is 0 Å². The molecule has 3 N–H and O–H groups in total. The molecule has 1 aliphatic rings. The van der Waals surface area contributed by atoms with Crippen molar-refractivity contribution in [2.24, 2.45) is 0 Å². The lowest BCUT2D eigenvalue weighted by Crippen LogP contribution is -2.41. The Morgan fingerprint density at radius 1 is 0.897 bits per heavy atom. The Morgan fingerprint density at radius 2 is 1.59 bits per heavy atom. The Balaban J connectivity index is 1.35. The van der Waals surface area contributed by atoms with Crippen LogP contribution in [-0.4, -0.2) is 44.7 Å². The SMILES string of the molecule is COc1ccc(CNC(=O)CNC(=O)CNC(=O)c2ccc3c(c2)OCO3)cc1. The van der Waals surface area contributed by atoms with Crippen LogP contribution in [-0.2, 0) is 16.1 Å². The van der Waals surface area contributed by atoms with Gasteiger partial charge in [-0.3, -0.25) is 14.4 Å². The standard InChI is InChI=1S/C20H21N3O6/c1-27-15-5-2-13(3-6-15)9-21-18(24)10-22-19(25)11-23-20(26)14-4-7-16-17(8-14)29-12-28-16/h2-8H,9-12H2,1H3,(H,21,24)(H,22,25)(H,23,26). The van der Waals surface area contributed by atoms with Crippen molar-refractivity contribution in [2.45, 2.75) is 6.54 Å². The van der Waals surface area contributed by atoms with Gasteiger partial charge in [0.15, 0.2) is 11.5 Å². The highest BCUT2D eigenvalue weighted by Gasteiger charge is 2.16. The van der Waals surface area contributed by atoms with Crippen molar-refractivity contribution in [2.75, 3.05) is 27.0 Å². The molecular weight excluding hydrogens is 378 g/mol. The summed E-state index contributed by atoms with van der Waals surface area (Å²) in [6.45, 7) is 0.0107. The van der Waals surface area contributed by atoms with Crippen LogP contribution in [0, 0.1) is 0 Å². The quantitative estimate of drug-likeness (QED) is 0.598. The maximum Gasteiger partial charge on any atom is 0.251 e. The minimum absolute atomic E-state index is 0.114. The van der Waals surface area contributed by atoms with Crippen LogP contribution >= 0.6 is 0 Å². The van der Waals surface area contributed by atoms with Crippen molar-refractivity contribution in [3.05, 3.63) is 53.6 Å². The van der Waals surface area contributed by atoms with Crippen LogP contribution in [0.25, 0.3) is 0 Å². The molecule has 152 valence electrons. The van der Waals surface area contributed by atoms with E-state index < -0.39 is 11.8 Å². The Morgan fingerprint density at radius 3 is 2.34 bits per heavy atom. The number of carbonyl (C=O) groups is 3. The number of rotatable bonds is 8. The number of fused-ring (bicyclic) bond motifs is 1. The Labute approximate surface area is 167 Å². The molecular formula is C20H21N3O6. The molecule has 0 aromatic heterocycles. The smallest absolute Gasteiger partial charge is 0.251 e. The number of methoxy groups -OCH3 is 1. The van der Waals surface area contributed by atoms with Gasteiger partial charge in [-0.15, -0.1) is 0 Å². The second-order valence-electron chi connectivity index (χ2n) is 6.15. The van der Waals surface area contributed by atoms with E-state index in [0.717, 1.165) is 11.3 Å². The van der Waals surface area contributed by atoms with Gasteiger partial charge in [-0.05, 0) is 35.9 Å². The fourth-order valence-electron chi connectivity index (χ4n) is 2.55. The molecule has 9 nitrogen and oxygen atoms in total. The number of ether oxygens (including phenoxy) is 3. The number of hydrogen-bond acceptors (Lipinski definition) is 6. The van der Waals surface area contributed by atoms with Gasteiger partial charge >= 0.3 is 0 Å². The van der Waals surface area contributed by atoms with Gasteiger partial charge in [-0.1, -0.05) is 12.1 Å². The number of nitrogens with one attached hydrogen (secondary N) is 3. The number of hydrogen-bond donors (Lipinski definition) is 3. The predicted octanol–water partition coefficient (Wildman–Crippen LogP) is 0.586. The fraction of sp³-hybridized carbons (Fsp3) is 0.250. The summed E-state index contributed by atoms with van der Waals surface area (Å²) in [5.41, 5.74) is 1.25. The molecule has 2 aromatic rings. The third kappa shape index (κ3) is 5.61. The van der Waals surface area contributed by atoms with E-state index in [1.165, 1.54) is 0 Å². The molecule has 0 atom stereocenters. The van der Waals surface area contributed by atoms with Crippen molar-refractivity contribution in [3.8, 4) is 17.2 Å². The lowest BCUT2D eigenvalue weighted by Gasteiger charge is -2.09. The van der Waals surface area contributed by atoms with E-state index >= 15 is 0 Å². The number of amides is 3. The summed E-state index contributed by atoms with van der Waals surface area (Å²) in [6.07, 6.45) is 0. The largest absolute Gasteiger partial charge is 0.497 e. The van der Waals surface area contributed by atoms with Crippen LogP contribution in [0.1, 0.15) is 15.9 Å². The van der Waals surface area contributed by atoms with Gasteiger partial charge in [0.05, 0.1) is 20.2 Å². The number of benzene rings is 2. The molecule has 0 unspecified atom stereocenters. The second-order valence-corrected chi connectivity index (χ2v) is 6.15. The maximum absolute atomic E-state index is 12.1. The Hall–Kier alpha value is -3.75. The molecule has 3 rings (SSSR count). The first-order valence-electron chi connectivity index (χ1n) is 8.89. The van der Waals surface area contributed by atoms with E-state index in [9.17, 15) is 14.4 Å². The van der Waals surface area contributed by atoms with Gasteiger partial charge in [0.1, 0.15) is 5.75 Å². The average Bonchev–Trinajstić information content (AvgIpc) is 3.22. The summed E-state index contributed by atoms with van der Waals surface area (Å²) < 4.78 is 15.5. The lowest BCUT2D eigenvalue weighted by molar-refractivity contribution is -0.125. The first-order valence-corrected chi connectivity index (χ1v) is 8.89. The highest BCUT2D eigenvalue weighted by atomic mass is 16.7. The topological polar surface area (TPSA) is 115 Å². The van der Waals surface area contributed by atoms with E-state index in [1.54, 1.807) is 37.4 Å². The van der Waals surface area contributed by atoms with Crippen molar-refractivity contribution in [3.63, 3.8) is 0 Å². The molecule has 0 bridgehead atoms. The summed E-state index contributed by atoms with van der Waals surface area (Å²) in [4.78, 5) is 35.8. The molecule has 0 aliphatic carbocycles. The van der Waals surface area contributed by atoms with Gasteiger partial charge < -0.3 is 30.2 Å². The molecule has 0 radical (unpaired) electrons. The minimum Gasteiger partial charge on any atom is -0.497 e. The van der Waals surface area contributed by atoms with Gasteiger partial charge in [0, 0.05) is 12.1 Å². The van der Waals surface area contributed by atoms with Gasteiger partial charge in [-0.25, -0.2) is 0 Å². The minimum atomic E-state index is -0.473. The van der Waals surface area contributed by atoms with Crippen LogP contribution in [0.5, 0.6) is 17.2 Å². The summed E-state index contributed by atoms with van der Waals surface area (Å²) in [5.74, 6) is 0.545. The monoisotopic (exact) mass is 399 g/mol. The van der Waals surface area contributed by atoms with Crippen molar-refractivity contribution >= 4 is 17.7 Å². The molecule has 1 heterocycles. The lowest BCUT2D eigenvalue weighted by atomic mass is 10.2. The second kappa shape index (κ2) is 9.45. The van der Waals surface area contributed by atoms with E-state index in [1.807, 2.05) is 12.1 Å². The van der Waals surface area contributed by atoms with Gasteiger partial charge in [0.2, 0.25) is 18.6 Å². The normalized spacial score (nSPS) is 11.5. The van der Waals surface area contributed by atoms with Gasteiger partial charge in [0.25, 0.3) is 5.91 Å². The van der Waals surface area contributed by atoms with Crippen LogP contribution in [0.4, 0.5) is 0 Å². The third-order valence-corrected chi connectivity index (χ3v) is 4.14. The zero-order chi connectivity index (χ0) is 20.6. The zero-order valence-corrected chi connectivity index (χ0v) is 15.8. The third-order valence-electron chi connectivity index (χ3n) is 4.14. The summed E-state index contributed by atoms with van der Waals surface area (Å²) in [6, 6.07) is 12.0. The predicted molar refractivity (Wildman–Crippen MR) is 103 cm³/mol. The fourth-order valence-corrected chi connectivity index (χ4v) is 2.55. The first-order chi connectivity index (χ1) is 14.0. The van der Waals surface area contributed by atoms with Crippen LogP contribution in [0.3, 0.4) is 0 Å². The Kier molecular flexibility index (Phi) is 6.51. The molecule has 29 heavy (non-hydrogen) atoms. The van der Waals surface area contributed by atoms with E-state index in [-0.39, 0.29) is 25.8 Å². The summed E-state index contributed by atoms with van der Waals surface area (Å²) in [7, 11) is 1.58. The van der Waals surface area contributed by atoms with Crippen LogP contribution in [0.2, 0.25) is 0 Å². The molecule has 0 saturated heterocycles. The van der Waals surface area contributed by atoms with Crippen LogP contribution in [0.15, 0.2) is 42.5 Å². The number of carbonyl (C=O) groups excluding carboxylic acids is 3. The molecule has 2 aromatic carbocycles. The molecule has 0 fully saturated rings. The molecule has 9 heteroatoms. The van der Waals surface area contributed by atoms with E-state index in [4.69, 9.17) is 14.2 Å². The average molecular weight is 399 g/mol. The molecule has 0 spiro atoms. The maximum atomic E-state index is 12.1. The van der Waals surface area contributed by atoms with Crippen molar-refractivity contribution < 1.29 is 28.6 Å². The molecule has 0 saturated carbocycles. The van der Waals surface area contributed by atoms with E-state index in [2.05, 4.69) is 16.0 Å². The summed E-state index contributed by atoms with van der Waals surface area (Å²) in [5, 5.41) is 7.65. The highest BCUT2D eigenvalue weighted by Crippen LogP contribution is 2.32. The van der Waals surface area contributed by atoms with Crippen molar-refractivity contribution in [1.82, 2.24) is 16.0 Å². The van der Waals surface area contributed by atoms with Gasteiger partial charge in [-0.2, -0.15) is 0 Å². The Bertz CT molecular complexity index is 898. The first kappa shape index (κ1) is 20.0. The van der Waals surface area contributed by atoms with Crippen LogP contribution < -0.4 is 30.2 Å². The highest BCUT2D eigenvalue weighted by molar-refractivity contribution is 5.97. The summed E-state index contributed by atoms with van der Waals surface area (Å²) >= 11 is 0. The molecule has 1 aliphatic heterocycles. The molecule has 3 amide bonds. The zero-order valence-electron chi connectivity index (χ0n) is 15.8.